The minimum Gasteiger partial charge on any atom is -0.493 e. The minimum atomic E-state index is -4.24. The maximum absolute atomic E-state index is 13.2. The Hall–Kier alpha value is -3.50. The third kappa shape index (κ3) is 5.62. The second kappa shape index (κ2) is 10.9. The highest BCUT2D eigenvalue weighted by molar-refractivity contribution is 8.18. The van der Waals surface area contributed by atoms with Crippen molar-refractivity contribution in [2.24, 2.45) is 0 Å². The first-order valence-corrected chi connectivity index (χ1v) is 14.4. The number of fused-ring (bicyclic) bond motifs is 1. The van der Waals surface area contributed by atoms with Crippen LogP contribution < -0.4 is 8.92 Å². The fraction of sp³-hybridized carbons (Fsp3) is 0.0714. The van der Waals surface area contributed by atoms with Gasteiger partial charge in [0, 0.05) is 5.02 Å². The highest BCUT2D eigenvalue weighted by Crippen LogP contribution is 2.40. The van der Waals surface area contributed by atoms with E-state index in [2.05, 4.69) is 0 Å². The summed E-state index contributed by atoms with van der Waals surface area (Å²) in [6.45, 7) is 0.128. The Labute approximate surface area is 239 Å². The van der Waals surface area contributed by atoms with Crippen molar-refractivity contribution < 1.29 is 26.9 Å². The van der Waals surface area contributed by atoms with Crippen molar-refractivity contribution in [1.82, 2.24) is 4.90 Å². The van der Waals surface area contributed by atoms with E-state index in [0.29, 0.717) is 10.6 Å². The molecule has 0 saturated carbocycles. The predicted molar refractivity (Wildman–Crippen MR) is 153 cm³/mol. The van der Waals surface area contributed by atoms with Gasteiger partial charge in [-0.15, -0.1) is 0 Å². The fourth-order valence-corrected chi connectivity index (χ4v) is 6.28. The first-order chi connectivity index (χ1) is 18.7. The lowest BCUT2D eigenvalue weighted by molar-refractivity contribution is -0.123. The van der Waals surface area contributed by atoms with Crippen LogP contribution in [0.25, 0.3) is 16.8 Å². The maximum atomic E-state index is 13.2. The van der Waals surface area contributed by atoms with Gasteiger partial charge in [0.05, 0.1) is 23.6 Å². The molecule has 7 nitrogen and oxygen atoms in total. The van der Waals surface area contributed by atoms with Crippen LogP contribution in [-0.4, -0.2) is 31.6 Å². The van der Waals surface area contributed by atoms with Crippen LogP contribution in [0.2, 0.25) is 10.0 Å². The third-order valence-corrected chi connectivity index (χ3v) is 8.60. The summed E-state index contributed by atoms with van der Waals surface area (Å²) < 4.78 is 36.1. The number of ether oxygens (including phenoxy) is 1. The summed E-state index contributed by atoms with van der Waals surface area (Å²) in [6, 6.07) is 21.9. The van der Waals surface area contributed by atoms with Gasteiger partial charge in [-0.25, -0.2) is 0 Å². The lowest BCUT2D eigenvalue weighted by atomic mass is 10.0. The Balaban J connectivity index is 1.41. The van der Waals surface area contributed by atoms with E-state index in [0.717, 1.165) is 28.1 Å². The van der Waals surface area contributed by atoms with Gasteiger partial charge >= 0.3 is 10.1 Å². The Kier molecular flexibility index (Phi) is 7.59. The molecule has 0 atom stereocenters. The van der Waals surface area contributed by atoms with Crippen molar-refractivity contribution in [3.63, 3.8) is 0 Å². The Bertz CT molecular complexity index is 1750. The Morgan fingerprint density at radius 3 is 2.41 bits per heavy atom. The van der Waals surface area contributed by atoms with Crippen LogP contribution in [0, 0.1) is 0 Å². The molecule has 0 radical (unpaired) electrons. The number of carbonyl (C=O) groups is 2. The maximum Gasteiger partial charge on any atom is 0.339 e. The molecule has 1 saturated heterocycles. The highest BCUT2D eigenvalue weighted by atomic mass is 35.5. The van der Waals surface area contributed by atoms with Crippen LogP contribution in [0.3, 0.4) is 0 Å². The molecule has 0 spiro atoms. The van der Waals surface area contributed by atoms with Gasteiger partial charge in [-0.2, -0.15) is 8.42 Å². The molecule has 1 aliphatic rings. The van der Waals surface area contributed by atoms with E-state index in [9.17, 15) is 18.0 Å². The number of benzene rings is 4. The van der Waals surface area contributed by atoms with Gasteiger partial charge in [-0.1, -0.05) is 65.7 Å². The number of halogens is 2. The average molecular weight is 601 g/mol. The first kappa shape index (κ1) is 27.1. The van der Waals surface area contributed by atoms with E-state index >= 15 is 0 Å². The SMILES string of the molecule is COc1cc(/C=C2\SC(=O)N(Cc3cccc4ccccc34)C2=O)cc(Cl)c1OS(=O)(=O)c1ccc(Cl)cc1. The molecule has 4 aromatic rings. The topological polar surface area (TPSA) is 90.0 Å². The summed E-state index contributed by atoms with van der Waals surface area (Å²) in [5, 5.41) is 1.89. The fourth-order valence-electron chi connectivity index (χ4n) is 4.05. The van der Waals surface area contributed by atoms with E-state index in [1.54, 1.807) is 0 Å². The van der Waals surface area contributed by atoms with E-state index < -0.39 is 21.3 Å². The van der Waals surface area contributed by atoms with Crippen LogP contribution in [0.1, 0.15) is 11.1 Å². The number of nitrogens with zero attached hydrogens (tertiary/aromatic N) is 1. The van der Waals surface area contributed by atoms with E-state index in [1.807, 2.05) is 42.5 Å². The minimum absolute atomic E-state index is 0.0290. The highest BCUT2D eigenvalue weighted by Gasteiger charge is 2.35. The molecule has 1 fully saturated rings. The smallest absolute Gasteiger partial charge is 0.339 e. The van der Waals surface area contributed by atoms with Gasteiger partial charge < -0.3 is 8.92 Å². The number of methoxy groups -OCH3 is 1. The van der Waals surface area contributed by atoms with Crippen LogP contribution in [-0.2, 0) is 21.5 Å². The quantitative estimate of drug-likeness (QED) is 0.164. The van der Waals surface area contributed by atoms with Gasteiger partial charge in [0.25, 0.3) is 11.1 Å². The molecular formula is C28H19Cl2NO6S2. The summed E-state index contributed by atoms with van der Waals surface area (Å²) in [4.78, 5) is 27.2. The molecule has 11 heteroatoms. The Morgan fingerprint density at radius 1 is 0.949 bits per heavy atom. The van der Waals surface area contributed by atoms with Crippen LogP contribution >= 0.6 is 35.0 Å². The van der Waals surface area contributed by atoms with Crippen molar-refractivity contribution in [3.8, 4) is 11.5 Å². The van der Waals surface area contributed by atoms with Crippen LogP contribution in [0.4, 0.5) is 4.79 Å². The standard InChI is InChI=1S/C28H19Cl2NO6S2/c1-36-24-14-17(13-23(30)26(24)37-39(34,35)21-11-9-20(29)10-12-21)15-25-27(32)31(28(33)38-25)16-19-7-4-6-18-5-2-3-8-22(18)19/h2-15H,16H2,1H3/b25-15-. The second-order valence-electron chi connectivity index (χ2n) is 8.43. The van der Waals surface area contributed by atoms with E-state index in [1.165, 1.54) is 54.5 Å². The molecule has 2 amide bonds. The van der Waals surface area contributed by atoms with E-state index in [4.69, 9.17) is 32.1 Å². The third-order valence-electron chi connectivity index (χ3n) is 5.93. The zero-order valence-electron chi connectivity index (χ0n) is 20.3. The number of thioether (sulfide) groups is 1. The normalized spacial score (nSPS) is 14.8. The molecule has 0 aromatic heterocycles. The largest absolute Gasteiger partial charge is 0.493 e. The molecule has 5 rings (SSSR count). The molecule has 4 aromatic carbocycles. The van der Waals surface area contributed by atoms with Crippen LogP contribution in [0.15, 0.2) is 88.7 Å². The summed E-state index contributed by atoms with van der Waals surface area (Å²) in [6.07, 6.45) is 1.50. The predicted octanol–water partition coefficient (Wildman–Crippen LogP) is 7.16. The molecule has 198 valence electrons. The summed E-state index contributed by atoms with van der Waals surface area (Å²) in [7, 11) is -2.91. The number of hydrogen-bond donors (Lipinski definition) is 0. The average Bonchev–Trinajstić information content (AvgIpc) is 3.17. The lowest BCUT2D eigenvalue weighted by Crippen LogP contribution is -2.27. The van der Waals surface area contributed by atoms with Crippen molar-refractivity contribution in [2.75, 3.05) is 7.11 Å². The van der Waals surface area contributed by atoms with Crippen molar-refractivity contribution in [3.05, 3.63) is 105 Å². The van der Waals surface area contributed by atoms with Gasteiger partial charge in [-0.3, -0.25) is 14.5 Å². The Morgan fingerprint density at radius 2 is 1.67 bits per heavy atom. The molecule has 0 N–H and O–H groups in total. The van der Waals surface area contributed by atoms with Gasteiger partial charge in [0.1, 0.15) is 4.90 Å². The lowest BCUT2D eigenvalue weighted by Gasteiger charge is -2.14. The number of amides is 2. The molecule has 1 heterocycles. The number of carbonyl (C=O) groups excluding carboxylic acids is 2. The molecule has 39 heavy (non-hydrogen) atoms. The van der Waals surface area contributed by atoms with Crippen LogP contribution in [0.5, 0.6) is 11.5 Å². The molecule has 0 aliphatic carbocycles. The second-order valence-corrected chi connectivity index (χ2v) is 11.8. The molecule has 0 unspecified atom stereocenters. The first-order valence-electron chi connectivity index (χ1n) is 11.5. The van der Waals surface area contributed by atoms with Gasteiger partial charge in [0.15, 0.2) is 5.75 Å². The number of imide groups is 1. The molecule has 1 aliphatic heterocycles. The van der Waals surface area contributed by atoms with Crippen molar-refractivity contribution in [2.45, 2.75) is 11.4 Å². The summed E-state index contributed by atoms with van der Waals surface area (Å²) >= 11 is 13.0. The van der Waals surface area contributed by atoms with E-state index in [-0.39, 0.29) is 32.9 Å². The van der Waals surface area contributed by atoms with Crippen molar-refractivity contribution >= 4 is 73.1 Å². The summed E-state index contributed by atoms with van der Waals surface area (Å²) in [5.74, 6) is -0.629. The van der Waals surface area contributed by atoms with Crippen molar-refractivity contribution in [1.29, 1.82) is 0 Å². The molecule has 0 bridgehead atoms. The zero-order chi connectivity index (χ0) is 27.7. The molecular weight excluding hydrogens is 581 g/mol. The van der Waals surface area contributed by atoms with Gasteiger partial charge in [0.2, 0.25) is 5.75 Å². The zero-order valence-corrected chi connectivity index (χ0v) is 23.4. The number of hydrogen-bond acceptors (Lipinski definition) is 7. The number of rotatable bonds is 7. The van der Waals surface area contributed by atoms with Gasteiger partial charge in [-0.05, 0) is 76.1 Å². The monoisotopic (exact) mass is 599 g/mol. The summed E-state index contributed by atoms with van der Waals surface area (Å²) in [5.41, 5.74) is 1.27.